The van der Waals surface area contributed by atoms with Gasteiger partial charge in [-0.05, 0) is 36.4 Å². The second kappa shape index (κ2) is 8.22. The molecule has 8 nitrogen and oxygen atoms in total. The lowest BCUT2D eigenvalue weighted by Gasteiger charge is -2.08. The van der Waals surface area contributed by atoms with E-state index in [0.29, 0.717) is 28.8 Å². The van der Waals surface area contributed by atoms with E-state index in [1.165, 1.54) is 14.2 Å². The Hall–Kier alpha value is -3.55. The van der Waals surface area contributed by atoms with E-state index in [1.807, 2.05) is 12.1 Å². The number of hydrogen-bond acceptors (Lipinski definition) is 7. The van der Waals surface area contributed by atoms with Crippen LogP contribution >= 0.6 is 0 Å². The zero-order valence-corrected chi connectivity index (χ0v) is 15.2. The van der Waals surface area contributed by atoms with Crippen LogP contribution in [0.4, 0.5) is 0 Å². The van der Waals surface area contributed by atoms with E-state index in [1.54, 1.807) is 37.4 Å². The summed E-state index contributed by atoms with van der Waals surface area (Å²) < 4.78 is 20.7. The summed E-state index contributed by atoms with van der Waals surface area (Å²) in [6.07, 6.45) is 0. The highest BCUT2D eigenvalue weighted by Crippen LogP contribution is 2.23. The minimum absolute atomic E-state index is 0.123. The van der Waals surface area contributed by atoms with Crippen molar-refractivity contribution in [1.82, 2.24) is 15.5 Å². The molecule has 0 saturated heterocycles. The molecule has 8 heteroatoms. The smallest absolute Gasteiger partial charge is 0.257 e. The van der Waals surface area contributed by atoms with Crippen molar-refractivity contribution in [3.8, 4) is 28.7 Å². The lowest BCUT2D eigenvalue weighted by molar-refractivity contribution is 0.0949. The molecular weight excluding hydrogens is 350 g/mol. The van der Waals surface area contributed by atoms with E-state index in [4.69, 9.17) is 18.7 Å². The highest BCUT2D eigenvalue weighted by molar-refractivity contribution is 5.95. The molecule has 0 unspecified atom stereocenters. The Morgan fingerprint density at radius 2 is 1.59 bits per heavy atom. The standard InChI is InChI=1S/C19H19N3O5/c1-24-14-6-4-12(5-7-14)19-21-17(22-27-19)11-20-18(23)13-8-15(25-2)10-16(9-13)26-3/h4-10H,11H2,1-3H3,(H,20,23). The van der Waals surface area contributed by atoms with Gasteiger partial charge in [0.15, 0.2) is 5.82 Å². The molecule has 1 heterocycles. The monoisotopic (exact) mass is 369 g/mol. The summed E-state index contributed by atoms with van der Waals surface area (Å²) >= 11 is 0. The van der Waals surface area contributed by atoms with E-state index >= 15 is 0 Å². The van der Waals surface area contributed by atoms with Crippen molar-refractivity contribution in [2.45, 2.75) is 6.54 Å². The first-order valence-electron chi connectivity index (χ1n) is 8.11. The Labute approximate surface area is 156 Å². The summed E-state index contributed by atoms with van der Waals surface area (Å²) in [7, 11) is 4.65. The molecular formula is C19H19N3O5. The van der Waals surface area contributed by atoms with Gasteiger partial charge in [-0.2, -0.15) is 4.98 Å². The number of benzene rings is 2. The molecule has 2 aromatic carbocycles. The van der Waals surface area contributed by atoms with Gasteiger partial charge < -0.3 is 24.1 Å². The fourth-order valence-electron chi connectivity index (χ4n) is 2.38. The van der Waals surface area contributed by atoms with Crippen LogP contribution in [0.15, 0.2) is 47.0 Å². The molecule has 0 fully saturated rings. The number of hydrogen-bond donors (Lipinski definition) is 1. The molecule has 0 aliphatic rings. The Kier molecular flexibility index (Phi) is 5.55. The number of carbonyl (C=O) groups excluding carboxylic acids is 1. The van der Waals surface area contributed by atoms with Crippen molar-refractivity contribution >= 4 is 5.91 Å². The molecule has 1 aromatic heterocycles. The van der Waals surface area contributed by atoms with E-state index in [-0.39, 0.29) is 12.5 Å². The van der Waals surface area contributed by atoms with Crippen LogP contribution in [0.25, 0.3) is 11.5 Å². The number of carbonyl (C=O) groups is 1. The zero-order valence-electron chi connectivity index (χ0n) is 15.2. The maximum atomic E-state index is 12.4. The van der Waals surface area contributed by atoms with Crippen molar-refractivity contribution < 1.29 is 23.5 Å². The van der Waals surface area contributed by atoms with Gasteiger partial charge in [0.1, 0.15) is 17.2 Å². The van der Waals surface area contributed by atoms with Gasteiger partial charge in [-0.15, -0.1) is 0 Å². The van der Waals surface area contributed by atoms with Gasteiger partial charge in [-0.1, -0.05) is 5.16 Å². The van der Waals surface area contributed by atoms with Crippen LogP contribution in [-0.4, -0.2) is 37.4 Å². The van der Waals surface area contributed by atoms with E-state index < -0.39 is 0 Å². The topological polar surface area (TPSA) is 95.7 Å². The molecule has 0 spiro atoms. The van der Waals surface area contributed by atoms with Gasteiger partial charge in [0, 0.05) is 17.2 Å². The number of amides is 1. The molecule has 3 rings (SSSR count). The predicted molar refractivity (Wildman–Crippen MR) is 97.0 cm³/mol. The van der Waals surface area contributed by atoms with Crippen LogP contribution in [-0.2, 0) is 6.54 Å². The van der Waals surface area contributed by atoms with Crippen molar-refractivity contribution in [1.29, 1.82) is 0 Å². The Morgan fingerprint density at radius 1 is 0.963 bits per heavy atom. The molecule has 27 heavy (non-hydrogen) atoms. The molecule has 1 amide bonds. The van der Waals surface area contributed by atoms with Crippen LogP contribution in [0.2, 0.25) is 0 Å². The van der Waals surface area contributed by atoms with Gasteiger partial charge in [-0.25, -0.2) is 0 Å². The Morgan fingerprint density at radius 3 is 2.19 bits per heavy atom. The summed E-state index contributed by atoms with van der Waals surface area (Å²) in [5, 5.41) is 6.63. The van der Waals surface area contributed by atoms with E-state index in [2.05, 4.69) is 15.5 Å². The summed E-state index contributed by atoms with van der Waals surface area (Å²) in [6.45, 7) is 0.123. The first-order chi connectivity index (χ1) is 13.1. The van der Waals surface area contributed by atoms with Crippen LogP contribution < -0.4 is 19.5 Å². The molecule has 0 atom stereocenters. The number of aromatic nitrogens is 2. The lowest BCUT2D eigenvalue weighted by Crippen LogP contribution is -2.23. The second-order valence-electron chi connectivity index (χ2n) is 5.53. The third-order valence-electron chi connectivity index (χ3n) is 3.83. The largest absolute Gasteiger partial charge is 0.497 e. The molecule has 0 aliphatic carbocycles. The summed E-state index contributed by atoms with van der Waals surface area (Å²) in [4.78, 5) is 16.7. The maximum Gasteiger partial charge on any atom is 0.257 e. The maximum absolute atomic E-state index is 12.4. The molecule has 140 valence electrons. The number of nitrogens with zero attached hydrogens (tertiary/aromatic N) is 2. The van der Waals surface area contributed by atoms with Gasteiger partial charge in [0.2, 0.25) is 0 Å². The van der Waals surface area contributed by atoms with Crippen LogP contribution in [0.5, 0.6) is 17.2 Å². The van der Waals surface area contributed by atoms with E-state index in [9.17, 15) is 4.79 Å². The Balaban J connectivity index is 1.66. The normalized spacial score (nSPS) is 10.3. The minimum atomic E-state index is -0.303. The molecule has 0 radical (unpaired) electrons. The number of methoxy groups -OCH3 is 3. The number of ether oxygens (including phenoxy) is 3. The molecule has 0 aliphatic heterocycles. The average Bonchev–Trinajstić information content (AvgIpc) is 3.20. The van der Waals surface area contributed by atoms with Crippen LogP contribution in [0.1, 0.15) is 16.2 Å². The number of nitrogens with one attached hydrogen (secondary N) is 1. The molecule has 0 saturated carbocycles. The zero-order chi connectivity index (χ0) is 19.2. The minimum Gasteiger partial charge on any atom is -0.497 e. The highest BCUT2D eigenvalue weighted by Gasteiger charge is 2.13. The SMILES string of the molecule is COc1ccc(-c2nc(CNC(=O)c3cc(OC)cc(OC)c3)no2)cc1. The predicted octanol–water partition coefficient (Wildman–Crippen LogP) is 2.69. The fraction of sp³-hybridized carbons (Fsp3) is 0.211. The highest BCUT2D eigenvalue weighted by atomic mass is 16.5. The van der Waals surface area contributed by atoms with Gasteiger partial charge in [-0.3, -0.25) is 4.79 Å². The van der Waals surface area contributed by atoms with Crippen molar-refractivity contribution in [3.63, 3.8) is 0 Å². The summed E-state index contributed by atoms with van der Waals surface area (Å²) in [5.74, 6) is 2.22. The van der Waals surface area contributed by atoms with Gasteiger partial charge in [0.05, 0.1) is 27.9 Å². The third kappa shape index (κ3) is 4.35. The average molecular weight is 369 g/mol. The third-order valence-corrected chi connectivity index (χ3v) is 3.83. The van der Waals surface area contributed by atoms with Crippen molar-refractivity contribution in [2.75, 3.05) is 21.3 Å². The van der Waals surface area contributed by atoms with E-state index in [0.717, 1.165) is 11.3 Å². The van der Waals surface area contributed by atoms with Crippen LogP contribution in [0.3, 0.4) is 0 Å². The Bertz CT molecular complexity index is 899. The summed E-state index contributed by atoms with van der Waals surface area (Å²) in [5.41, 5.74) is 1.17. The quantitative estimate of drug-likeness (QED) is 0.684. The molecule has 1 N–H and O–H groups in total. The number of rotatable bonds is 7. The first kappa shape index (κ1) is 18.2. The molecule has 0 bridgehead atoms. The second-order valence-corrected chi connectivity index (χ2v) is 5.53. The first-order valence-corrected chi connectivity index (χ1v) is 8.11. The summed E-state index contributed by atoms with van der Waals surface area (Å²) in [6, 6.07) is 12.2. The van der Waals surface area contributed by atoms with Crippen molar-refractivity contribution in [3.05, 3.63) is 53.9 Å². The lowest BCUT2D eigenvalue weighted by atomic mass is 10.2. The fourth-order valence-corrected chi connectivity index (χ4v) is 2.38. The van der Waals surface area contributed by atoms with Crippen LogP contribution in [0, 0.1) is 0 Å². The van der Waals surface area contributed by atoms with Gasteiger partial charge >= 0.3 is 0 Å². The van der Waals surface area contributed by atoms with Gasteiger partial charge in [0.25, 0.3) is 11.8 Å². The van der Waals surface area contributed by atoms with Crippen molar-refractivity contribution in [2.24, 2.45) is 0 Å². The molecule has 3 aromatic rings.